The lowest BCUT2D eigenvalue weighted by Crippen LogP contribution is -2.27. The third-order valence-electron chi connectivity index (χ3n) is 3.36. The molecule has 1 amide bonds. The molecule has 0 aliphatic carbocycles. The summed E-state index contributed by atoms with van der Waals surface area (Å²) in [5, 5.41) is 4.71. The maximum atomic E-state index is 12.5. The quantitative estimate of drug-likeness (QED) is 0.556. The second-order valence-corrected chi connectivity index (χ2v) is 6.88. The van der Waals surface area contributed by atoms with Gasteiger partial charge in [-0.15, -0.1) is 11.3 Å². The van der Waals surface area contributed by atoms with Gasteiger partial charge < -0.3 is 10.1 Å². The highest BCUT2D eigenvalue weighted by Crippen LogP contribution is 2.18. The fourth-order valence-electron chi connectivity index (χ4n) is 2.21. The molecule has 0 radical (unpaired) electrons. The van der Waals surface area contributed by atoms with Crippen LogP contribution >= 0.6 is 11.3 Å². The summed E-state index contributed by atoms with van der Waals surface area (Å²) < 4.78 is 5.49. The van der Waals surface area contributed by atoms with Crippen molar-refractivity contribution in [2.45, 2.75) is 20.3 Å². The van der Waals surface area contributed by atoms with Gasteiger partial charge in [-0.3, -0.25) is 9.59 Å². The van der Waals surface area contributed by atoms with Crippen LogP contribution in [0.2, 0.25) is 0 Å². The second kappa shape index (κ2) is 9.35. The average Bonchev–Trinajstić information content (AvgIpc) is 3.11. The van der Waals surface area contributed by atoms with E-state index in [4.69, 9.17) is 4.74 Å². The first-order valence-corrected chi connectivity index (χ1v) is 9.00. The van der Waals surface area contributed by atoms with Gasteiger partial charge in [0, 0.05) is 25.3 Å². The lowest BCUT2D eigenvalue weighted by molar-refractivity contribution is 0.0917. The minimum absolute atomic E-state index is 0.115. The summed E-state index contributed by atoms with van der Waals surface area (Å²) in [4.78, 5) is 25.5. The maximum Gasteiger partial charge on any atom is 0.252 e. The van der Waals surface area contributed by atoms with Crippen LogP contribution in [0.25, 0.3) is 0 Å². The van der Waals surface area contributed by atoms with Crippen LogP contribution in [0, 0.1) is 5.92 Å². The van der Waals surface area contributed by atoms with Crippen molar-refractivity contribution in [3.8, 4) is 0 Å². The molecule has 0 saturated carbocycles. The van der Waals surface area contributed by atoms with Crippen molar-refractivity contribution in [2.24, 2.45) is 5.92 Å². The summed E-state index contributed by atoms with van der Waals surface area (Å²) in [5.41, 5.74) is 0.854. The summed E-state index contributed by atoms with van der Waals surface area (Å²) in [6.45, 7) is 6.07. The highest BCUT2D eigenvalue weighted by molar-refractivity contribution is 7.12. The molecule has 2 rings (SSSR count). The Labute approximate surface area is 146 Å². The third kappa shape index (κ3) is 5.28. The van der Waals surface area contributed by atoms with E-state index in [9.17, 15) is 9.59 Å². The largest absolute Gasteiger partial charge is 0.381 e. The zero-order chi connectivity index (χ0) is 17.4. The number of nitrogens with one attached hydrogen (secondary N) is 1. The monoisotopic (exact) mass is 345 g/mol. The van der Waals surface area contributed by atoms with Crippen molar-refractivity contribution >= 4 is 23.0 Å². The van der Waals surface area contributed by atoms with E-state index in [2.05, 4.69) is 19.2 Å². The van der Waals surface area contributed by atoms with Gasteiger partial charge in [0.1, 0.15) is 0 Å². The molecule has 0 aliphatic heterocycles. The number of amides is 1. The van der Waals surface area contributed by atoms with Gasteiger partial charge in [0.15, 0.2) is 0 Å². The first kappa shape index (κ1) is 18.4. The van der Waals surface area contributed by atoms with Gasteiger partial charge in [-0.25, -0.2) is 0 Å². The Kier molecular flexibility index (Phi) is 7.15. The number of ketones is 1. The van der Waals surface area contributed by atoms with E-state index in [0.717, 1.165) is 13.0 Å². The van der Waals surface area contributed by atoms with E-state index in [-0.39, 0.29) is 11.7 Å². The van der Waals surface area contributed by atoms with Crippen LogP contribution in [0.1, 0.15) is 45.9 Å². The Morgan fingerprint density at radius 2 is 1.88 bits per heavy atom. The molecule has 0 aliphatic rings. The molecule has 0 unspecified atom stereocenters. The predicted molar refractivity (Wildman–Crippen MR) is 96.8 cm³/mol. The van der Waals surface area contributed by atoms with Gasteiger partial charge in [-0.1, -0.05) is 38.1 Å². The lowest BCUT2D eigenvalue weighted by atomic mass is 10.0. The number of rotatable bonds is 9. The Balaban J connectivity index is 1.92. The van der Waals surface area contributed by atoms with Gasteiger partial charge in [0.2, 0.25) is 5.78 Å². The minimum Gasteiger partial charge on any atom is -0.381 e. The number of ether oxygens (including phenoxy) is 1. The average molecular weight is 345 g/mol. The van der Waals surface area contributed by atoms with E-state index >= 15 is 0 Å². The van der Waals surface area contributed by atoms with Crippen molar-refractivity contribution in [1.82, 2.24) is 5.32 Å². The Morgan fingerprint density at radius 3 is 2.54 bits per heavy atom. The molecule has 0 bridgehead atoms. The van der Waals surface area contributed by atoms with Crippen LogP contribution in [0.5, 0.6) is 0 Å². The zero-order valence-corrected chi connectivity index (χ0v) is 14.9. The van der Waals surface area contributed by atoms with Crippen molar-refractivity contribution in [3.63, 3.8) is 0 Å². The predicted octanol–water partition coefficient (Wildman–Crippen LogP) is 3.77. The fraction of sp³-hybridized carbons (Fsp3) is 0.368. The number of hydrogen-bond donors (Lipinski definition) is 1. The standard InChI is InChI=1S/C19H23NO3S/c1-14(2)13-23-11-6-10-20-19(22)16-8-4-3-7-15(16)18(21)17-9-5-12-24-17/h3-5,7-9,12,14H,6,10-11,13H2,1-2H3,(H,20,22). The van der Waals surface area contributed by atoms with Crippen molar-refractivity contribution in [3.05, 3.63) is 57.8 Å². The Hall–Kier alpha value is -1.98. The number of hydrogen-bond acceptors (Lipinski definition) is 4. The van der Waals surface area contributed by atoms with Gasteiger partial charge in [0.05, 0.1) is 10.4 Å². The molecule has 0 fully saturated rings. The second-order valence-electron chi connectivity index (χ2n) is 5.93. The zero-order valence-electron chi connectivity index (χ0n) is 14.1. The van der Waals surface area contributed by atoms with Gasteiger partial charge >= 0.3 is 0 Å². The minimum atomic E-state index is -0.223. The molecular formula is C19H23NO3S. The van der Waals surface area contributed by atoms with Gasteiger partial charge in [0.25, 0.3) is 5.91 Å². The smallest absolute Gasteiger partial charge is 0.252 e. The Bertz CT molecular complexity index is 665. The van der Waals surface area contributed by atoms with Crippen molar-refractivity contribution < 1.29 is 14.3 Å². The topological polar surface area (TPSA) is 55.4 Å². The van der Waals surface area contributed by atoms with Crippen LogP contribution in [-0.4, -0.2) is 31.4 Å². The molecular weight excluding hydrogens is 322 g/mol. The van der Waals surface area contributed by atoms with Gasteiger partial charge in [-0.05, 0) is 29.9 Å². The molecule has 1 aromatic carbocycles. The molecule has 5 heteroatoms. The van der Waals surface area contributed by atoms with Crippen LogP contribution in [0.4, 0.5) is 0 Å². The van der Waals surface area contributed by atoms with E-state index in [0.29, 0.717) is 35.1 Å². The molecule has 1 heterocycles. The number of benzene rings is 1. The lowest BCUT2D eigenvalue weighted by Gasteiger charge is -2.10. The SMILES string of the molecule is CC(C)COCCCNC(=O)c1ccccc1C(=O)c1cccs1. The van der Waals surface area contributed by atoms with Crippen LogP contribution in [0.3, 0.4) is 0 Å². The highest BCUT2D eigenvalue weighted by atomic mass is 32.1. The van der Waals surface area contributed by atoms with Crippen molar-refractivity contribution in [1.29, 1.82) is 0 Å². The van der Waals surface area contributed by atoms with E-state index in [1.54, 1.807) is 30.3 Å². The fourth-order valence-corrected chi connectivity index (χ4v) is 2.89. The summed E-state index contributed by atoms with van der Waals surface area (Å²) in [6.07, 6.45) is 0.750. The molecule has 0 saturated heterocycles. The number of carbonyl (C=O) groups excluding carboxylic acids is 2. The molecule has 0 atom stereocenters. The highest BCUT2D eigenvalue weighted by Gasteiger charge is 2.18. The van der Waals surface area contributed by atoms with Crippen LogP contribution in [-0.2, 0) is 4.74 Å². The number of thiophene rings is 1. The van der Waals surface area contributed by atoms with E-state index < -0.39 is 0 Å². The molecule has 1 aromatic heterocycles. The molecule has 1 N–H and O–H groups in total. The summed E-state index contributed by atoms with van der Waals surface area (Å²) in [7, 11) is 0. The molecule has 4 nitrogen and oxygen atoms in total. The van der Waals surface area contributed by atoms with Crippen molar-refractivity contribution in [2.75, 3.05) is 19.8 Å². The van der Waals surface area contributed by atoms with Crippen LogP contribution in [0.15, 0.2) is 41.8 Å². The van der Waals surface area contributed by atoms with Crippen LogP contribution < -0.4 is 5.32 Å². The Morgan fingerprint density at radius 1 is 1.12 bits per heavy atom. The van der Waals surface area contributed by atoms with Gasteiger partial charge in [-0.2, -0.15) is 0 Å². The van der Waals surface area contributed by atoms with E-state index in [1.165, 1.54) is 11.3 Å². The first-order valence-electron chi connectivity index (χ1n) is 8.12. The third-order valence-corrected chi connectivity index (χ3v) is 4.23. The maximum absolute atomic E-state index is 12.5. The first-order chi connectivity index (χ1) is 11.6. The normalized spacial score (nSPS) is 10.8. The molecule has 128 valence electrons. The summed E-state index contributed by atoms with van der Waals surface area (Å²) >= 11 is 1.38. The number of carbonyl (C=O) groups is 2. The summed E-state index contributed by atoms with van der Waals surface area (Å²) in [5.74, 6) is 0.171. The summed E-state index contributed by atoms with van der Waals surface area (Å²) in [6, 6.07) is 10.5. The molecule has 2 aromatic rings. The molecule has 24 heavy (non-hydrogen) atoms. The molecule has 0 spiro atoms. The van der Waals surface area contributed by atoms with E-state index in [1.807, 2.05) is 11.4 Å².